The number of unbranched alkanes of at least 4 members (excludes halogenated alkanes) is 31. The number of nitrogens with one attached hydrogen (secondary N) is 1. The highest BCUT2D eigenvalue weighted by Crippen LogP contribution is 2.16. The summed E-state index contributed by atoms with van der Waals surface area (Å²) < 4.78 is 5.42. The minimum Gasteiger partial charge on any atom is -0.466 e. The van der Waals surface area contributed by atoms with E-state index in [2.05, 4.69) is 55.6 Å². The van der Waals surface area contributed by atoms with Crippen LogP contribution in [0.1, 0.15) is 271 Å². The van der Waals surface area contributed by atoms with Crippen molar-refractivity contribution in [2.45, 2.75) is 283 Å². The van der Waals surface area contributed by atoms with Gasteiger partial charge in [-0.2, -0.15) is 0 Å². The Morgan fingerprint density at radius 1 is 0.467 bits per heavy atom. The minimum atomic E-state index is -0.688. The second-order valence-electron chi connectivity index (χ2n) is 17.8. The number of aliphatic hydroxyl groups excluding tert-OH is 2. The van der Waals surface area contributed by atoms with Gasteiger partial charge in [0, 0.05) is 12.8 Å². The van der Waals surface area contributed by atoms with Crippen molar-refractivity contribution in [1.82, 2.24) is 5.32 Å². The molecule has 0 aliphatic carbocycles. The van der Waals surface area contributed by atoms with Crippen LogP contribution in [0.4, 0.5) is 0 Å². The first-order valence-corrected chi connectivity index (χ1v) is 26.2. The van der Waals surface area contributed by atoms with Crippen LogP contribution in [0.2, 0.25) is 0 Å². The summed E-state index contributed by atoms with van der Waals surface area (Å²) in [5, 5.41) is 23.3. The molecule has 0 saturated heterocycles. The first-order valence-electron chi connectivity index (χ1n) is 26.2. The molecule has 0 rings (SSSR count). The topological polar surface area (TPSA) is 95.9 Å². The zero-order chi connectivity index (χ0) is 43.7. The summed E-state index contributed by atoms with van der Waals surface area (Å²) in [4.78, 5) is 24.5. The van der Waals surface area contributed by atoms with E-state index < -0.39 is 12.1 Å². The normalized spacial score (nSPS) is 12.9. The van der Waals surface area contributed by atoms with Gasteiger partial charge >= 0.3 is 5.97 Å². The number of allylic oxidation sites excluding steroid dienone is 6. The monoisotopic (exact) mass is 844 g/mol. The summed E-state index contributed by atoms with van der Waals surface area (Å²) in [7, 11) is 0. The third-order valence-corrected chi connectivity index (χ3v) is 11.9. The van der Waals surface area contributed by atoms with Crippen LogP contribution in [-0.2, 0) is 14.3 Å². The third-order valence-electron chi connectivity index (χ3n) is 11.9. The van der Waals surface area contributed by atoms with Gasteiger partial charge in [0.15, 0.2) is 0 Å². The zero-order valence-electron chi connectivity index (χ0n) is 39.9. The van der Waals surface area contributed by atoms with Crippen LogP contribution in [0.3, 0.4) is 0 Å². The summed E-state index contributed by atoms with van der Waals surface area (Å²) in [6, 6.07) is -0.569. The predicted molar refractivity (Wildman–Crippen MR) is 259 cm³/mol. The van der Waals surface area contributed by atoms with E-state index in [4.69, 9.17) is 4.74 Å². The molecule has 0 fully saturated rings. The van der Waals surface area contributed by atoms with E-state index in [9.17, 15) is 19.8 Å². The molecule has 0 radical (unpaired) electrons. The molecule has 0 aromatic carbocycles. The fourth-order valence-electron chi connectivity index (χ4n) is 7.85. The molecule has 2 unspecified atom stereocenters. The van der Waals surface area contributed by atoms with E-state index in [1.807, 2.05) is 0 Å². The smallest absolute Gasteiger partial charge is 0.305 e. The van der Waals surface area contributed by atoms with Crippen LogP contribution in [0.5, 0.6) is 0 Å². The second-order valence-corrected chi connectivity index (χ2v) is 17.8. The average molecular weight is 844 g/mol. The van der Waals surface area contributed by atoms with E-state index in [0.29, 0.717) is 25.9 Å². The van der Waals surface area contributed by atoms with Crippen LogP contribution in [-0.4, -0.2) is 47.4 Å². The molecule has 0 aromatic rings. The first kappa shape index (κ1) is 58.1. The van der Waals surface area contributed by atoms with Gasteiger partial charge in [-0.3, -0.25) is 9.59 Å². The molecule has 0 spiro atoms. The molecule has 6 heteroatoms. The number of amides is 1. The molecule has 0 saturated carbocycles. The maximum absolute atomic E-state index is 12.5. The predicted octanol–water partition coefficient (Wildman–Crippen LogP) is 15.7. The molecule has 0 aliphatic heterocycles. The molecule has 2 atom stereocenters. The molecular formula is C54H101NO5. The van der Waals surface area contributed by atoms with Gasteiger partial charge in [0.2, 0.25) is 5.91 Å². The SMILES string of the molecule is CCC/C=C\C/C=C\CCCCCCCC(=O)OCCCC/C=C\CCCCCCC(=O)NC(CO)C(O)CCCCCCCCCCCCCCCCCCCCCC. The van der Waals surface area contributed by atoms with Crippen molar-refractivity contribution in [2.75, 3.05) is 13.2 Å². The Bertz CT molecular complexity index is 977. The molecule has 0 heterocycles. The molecule has 6 nitrogen and oxygen atoms in total. The van der Waals surface area contributed by atoms with Crippen molar-refractivity contribution >= 4 is 11.9 Å². The number of carbonyl (C=O) groups excluding carboxylic acids is 2. The number of esters is 1. The van der Waals surface area contributed by atoms with E-state index >= 15 is 0 Å². The van der Waals surface area contributed by atoms with Gasteiger partial charge in [0.1, 0.15) is 0 Å². The van der Waals surface area contributed by atoms with Gasteiger partial charge in [0.25, 0.3) is 0 Å². The third kappa shape index (κ3) is 45.6. The average Bonchev–Trinajstić information content (AvgIpc) is 3.25. The van der Waals surface area contributed by atoms with Crippen molar-refractivity contribution in [1.29, 1.82) is 0 Å². The van der Waals surface area contributed by atoms with Gasteiger partial charge in [0.05, 0.1) is 25.4 Å². The summed E-state index contributed by atoms with van der Waals surface area (Å²) in [6.45, 7) is 4.80. The van der Waals surface area contributed by atoms with Gasteiger partial charge in [-0.05, 0) is 77.0 Å². The van der Waals surface area contributed by atoms with Gasteiger partial charge < -0.3 is 20.3 Å². The first-order chi connectivity index (χ1) is 29.5. The van der Waals surface area contributed by atoms with Gasteiger partial charge in [-0.1, -0.05) is 217 Å². The van der Waals surface area contributed by atoms with Crippen LogP contribution in [0.25, 0.3) is 0 Å². The Morgan fingerprint density at radius 3 is 1.35 bits per heavy atom. The summed E-state index contributed by atoms with van der Waals surface area (Å²) in [6.07, 6.45) is 59.8. The molecular weight excluding hydrogens is 743 g/mol. The molecule has 0 aromatic heterocycles. The lowest BCUT2D eigenvalue weighted by atomic mass is 10.0. The number of carbonyl (C=O) groups is 2. The molecule has 3 N–H and O–H groups in total. The molecule has 0 bridgehead atoms. The highest BCUT2D eigenvalue weighted by molar-refractivity contribution is 5.76. The summed E-state index contributed by atoms with van der Waals surface area (Å²) in [5.74, 6) is -0.123. The van der Waals surface area contributed by atoms with Crippen molar-refractivity contribution in [3.63, 3.8) is 0 Å². The van der Waals surface area contributed by atoms with Crippen LogP contribution >= 0.6 is 0 Å². The summed E-state index contributed by atoms with van der Waals surface area (Å²) >= 11 is 0. The maximum Gasteiger partial charge on any atom is 0.305 e. The van der Waals surface area contributed by atoms with E-state index in [1.54, 1.807) is 0 Å². The van der Waals surface area contributed by atoms with E-state index in [0.717, 1.165) is 89.9 Å². The Balaban J connectivity index is 3.54. The lowest BCUT2D eigenvalue weighted by molar-refractivity contribution is -0.143. The zero-order valence-corrected chi connectivity index (χ0v) is 39.9. The number of rotatable bonds is 48. The van der Waals surface area contributed by atoms with Gasteiger partial charge in [-0.15, -0.1) is 0 Å². The number of hydrogen-bond acceptors (Lipinski definition) is 5. The molecule has 352 valence electrons. The molecule has 0 aliphatic rings. The van der Waals surface area contributed by atoms with Crippen LogP contribution < -0.4 is 5.32 Å². The number of hydrogen-bond donors (Lipinski definition) is 3. The Morgan fingerprint density at radius 2 is 0.867 bits per heavy atom. The second kappa shape index (κ2) is 49.7. The van der Waals surface area contributed by atoms with Gasteiger partial charge in [-0.25, -0.2) is 0 Å². The van der Waals surface area contributed by atoms with E-state index in [1.165, 1.54) is 148 Å². The van der Waals surface area contributed by atoms with Crippen LogP contribution in [0.15, 0.2) is 36.5 Å². The lowest BCUT2D eigenvalue weighted by Crippen LogP contribution is -2.45. The fraction of sp³-hybridized carbons (Fsp3) is 0.852. The quantitative estimate of drug-likeness (QED) is 0.0322. The molecule has 60 heavy (non-hydrogen) atoms. The Kier molecular flexibility index (Phi) is 48.1. The maximum atomic E-state index is 12.5. The minimum absolute atomic E-state index is 0.0517. The largest absolute Gasteiger partial charge is 0.466 e. The summed E-state index contributed by atoms with van der Waals surface area (Å²) in [5.41, 5.74) is 0. The lowest BCUT2D eigenvalue weighted by Gasteiger charge is -2.22. The van der Waals surface area contributed by atoms with Crippen molar-refractivity contribution in [2.24, 2.45) is 0 Å². The van der Waals surface area contributed by atoms with Crippen molar-refractivity contribution in [3.05, 3.63) is 36.5 Å². The number of aliphatic hydroxyl groups is 2. The van der Waals surface area contributed by atoms with E-state index in [-0.39, 0.29) is 18.5 Å². The highest BCUT2D eigenvalue weighted by atomic mass is 16.5. The van der Waals surface area contributed by atoms with Crippen LogP contribution in [0, 0.1) is 0 Å². The Labute approximate surface area is 373 Å². The highest BCUT2D eigenvalue weighted by Gasteiger charge is 2.20. The van der Waals surface area contributed by atoms with Crippen molar-refractivity contribution in [3.8, 4) is 0 Å². The molecule has 1 amide bonds. The number of ether oxygens (including phenoxy) is 1. The standard InChI is InChI=1S/C54H101NO5/c1-3-5-7-9-11-13-15-17-18-19-20-21-22-23-25-26-30-34-38-42-46-52(57)51(50-56)55-53(58)47-43-39-35-31-28-29-33-37-41-45-49-60-54(59)48-44-40-36-32-27-24-16-14-12-10-8-6-4-2/h8,10,14,16,29,33,51-52,56-57H,3-7,9,11-13,15,17-28,30-32,34-50H2,1-2H3,(H,55,58)/b10-8-,16-14-,33-29-. The van der Waals surface area contributed by atoms with Crippen molar-refractivity contribution < 1.29 is 24.5 Å². The fourth-order valence-corrected chi connectivity index (χ4v) is 7.85. The Hall–Kier alpha value is -1.92.